The third-order valence-electron chi connectivity index (χ3n) is 10.3. The lowest BCUT2D eigenvalue weighted by atomic mass is 9.40. The number of carbonyl (C=O) groups is 2. The first-order chi connectivity index (χ1) is 14.4. The smallest absolute Gasteiger partial charge is 0.335 e. The number of aromatic carboxylic acids is 1. The number of rotatable bonds is 4. The van der Waals surface area contributed by atoms with Crippen molar-refractivity contribution in [1.29, 1.82) is 0 Å². The van der Waals surface area contributed by atoms with E-state index in [4.69, 9.17) is 0 Å². The maximum Gasteiger partial charge on any atom is 0.335 e. The number of ketones is 1. The predicted octanol–water partition coefficient (Wildman–Crippen LogP) is 6.11. The number of fused-ring (bicyclic) bond motifs is 3. The molecule has 3 aliphatic carbocycles. The van der Waals surface area contributed by atoms with Crippen LogP contribution in [0.5, 0.6) is 5.75 Å². The molecule has 0 unspecified atom stereocenters. The molecule has 31 heavy (non-hydrogen) atoms. The molecule has 0 bridgehead atoms. The van der Waals surface area contributed by atoms with Crippen LogP contribution in [0, 0.1) is 39.9 Å². The number of carboxylic acids is 1. The summed E-state index contributed by atoms with van der Waals surface area (Å²) in [6.07, 6.45) is 7.38. The normalized spacial score (nSPS) is 42.0. The van der Waals surface area contributed by atoms with Crippen LogP contribution in [0.2, 0.25) is 0 Å². The zero-order valence-corrected chi connectivity index (χ0v) is 19.7. The molecule has 0 radical (unpaired) electrons. The van der Waals surface area contributed by atoms with Crippen LogP contribution in [0.25, 0.3) is 0 Å². The number of hydrogen-bond donors (Lipinski definition) is 2. The molecule has 4 rings (SSSR count). The van der Waals surface area contributed by atoms with Gasteiger partial charge in [-0.2, -0.15) is 0 Å². The second-order valence-electron chi connectivity index (χ2n) is 11.7. The lowest BCUT2D eigenvalue weighted by Crippen LogP contribution is -2.58. The summed E-state index contributed by atoms with van der Waals surface area (Å²) in [4.78, 5) is 24.0. The summed E-state index contributed by atoms with van der Waals surface area (Å²) in [5, 5.41) is 20.0. The Morgan fingerprint density at radius 3 is 2.32 bits per heavy atom. The first-order valence-electron chi connectivity index (χ1n) is 12.0. The number of phenols is 1. The van der Waals surface area contributed by atoms with Crippen molar-refractivity contribution in [3.63, 3.8) is 0 Å². The Morgan fingerprint density at radius 1 is 1.00 bits per heavy atom. The summed E-state index contributed by atoms with van der Waals surface area (Å²) >= 11 is 0. The van der Waals surface area contributed by atoms with Crippen LogP contribution in [-0.4, -0.2) is 22.0 Å². The molecule has 0 aromatic heterocycles. The zero-order valence-electron chi connectivity index (χ0n) is 19.7. The molecule has 3 fully saturated rings. The van der Waals surface area contributed by atoms with Gasteiger partial charge in [-0.05, 0) is 110 Å². The number of benzene rings is 1. The standard InChI is InChI=1S/C27H38O4/c1-16-10-12-26(4)22-9-7-20(17(2)28)25(22,3)13-11-23(26)27(16,5)15-19-14-18(24(30)31)6-8-21(19)29/h6,8,14,16,20,22-23,29H,7,9-13,15H2,1-5H3,(H,30,31)/t16-,20+,22-,23-,25+,26-,27-/m1/s1. The molecule has 0 amide bonds. The molecule has 0 aliphatic heterocycles. The maximum atomic E-state index is 12.4. The van der Waals surface area contributed by atoms with E-state index >= 15 is 0 Å². The van der Waals surface area contributed by atoms with Gasteiger partial charge in [-0.1, -0.05) is 27.7 Å². The minimum absolute atomic E-state index is 0.0166. The molecule has 0 saturated heterocycles. The number of aromatic hydroxyl groups is 1. The summed E-state index contributed by atoms with van der Waals surface area (Å²) in [6.45, 7) is 11.3. The SMILES string of the molecule is CC(=O)[C@@H]1CC[C@H]2[C@@]3(C)CC[C@@H](C)[C@@](C)(Cc4cc(C(=O)O)ccc4O)[C@@H]3CC[C@]21C. The minimum atomic E-state index is -0.956. The largest absolute Gasteiger partial charge is 0.508 e. The molecule has 4 nitrogen and oxygen atoms in total. The molecule has 7 atom stereocenters. The Balaban J connectivity index is 1.71. The fraction of sp³-hybridized carbons (Fsp3) is 0.704. The van der Waals surface area contributed by atoms with Crippen molar-refractivity contribution in [1.82, 2.24) is 0 Å². The highest BCUT2D eigenvalue weighted by atomic mass is 16.4. The lowest BCUT2D eigenvalue weighted by Gasteiger charge is -2.64. The number of carboxylic acid groups (broad SMARTS) is 1. The average molecular weight is 427 g/mol. The quantitative estimate of drug-likeness (QED) is 0.609. The number of carbonyl (C=O) groups excluding carboxylic acids is 1. The van der Waals surface area contributed by atoms with Gasteiger partial charge in [0.1, 0.15) is 11.5 Å². The molecule has 4 heteroatoms. The molecular formula is C27H38O4. The maximum absolute atomic E-state index is 12.4. The molecule has 170 valence electrons. The van der Waals surface area contributed by atoms with Crippen LogP contribution in [0.1, 0.15) is 89.1 Å². The first-order valence-corrected chi connectivity index (χ1v) is 12.0. The number of phenolic OH excluding ortho intramolecular Hbond substituents is 1. The van der Waals surface area contributed by atoms with E-state index in [0.29, 0.717) is 30.0 Å². The van der Waals surface area contributed by atoms with Gasteiger partial charge in [0.15, 0.2) is 0 Å². The van der Waals surface area contributed by atoms with Gasteiger partial charge < -0.3 is 10.2 Å². The monoisotopic (exact) mass is 426 g/mol. The highest BCUT2D eigenvalue weighted by molar-refractivity contribution is 5.88. The highest BCUT2D eigenvalue weighted by Gasteiger charge is 2.64. The van der Waals surface area contributed by atoms with Gasteiger partial charge in [-0.3, -0.25) is 4.79 Å². The van der Waals surface area contributed by atoms with E-state index in [1.54, 1.807) is 13.0 Å². The molecule has 1 aromatic carbocycles. The van der Waals surface area contributed by atoms with Crippen LogP contribution in [0.3, 0.4) is 0 Å². The van der Waals surface area contributed by atoms with Crippen LogP contribution in [0.4, 0.5) is 0 Å². The highest BCUT2D eigenvalue weighted by Crippen LogP contribution is 2.71. The van der Waals surface area contributed by atoms with Crippen molar-refractivity contribution >= 4 is 11.8 Å². The van der Waals surface area contributed by atoms with Crippen LogP contribution in [-0.2, 0) is 11.2 Å². The number of hydrogen-bond acceptors (Lipinski definition) is 3. The summed E-state index contributed by atoms with van der Waals surface area (Å²) in [5.41, 5.74) is 1.25. The van der Waals surface area contributed by atoms with Crippen LogP contribution >= 0.6 is 0 Å². The Labute approximate surface area is 186 Å². The van der Waals surface area contributed by atoms with Gasteiger partial charge in [0.25, 0.3) is 0 Å². The molecule has 1 aromatic rings. The topological polar surface area (TPSA) is 74.6 Å². The third-order valence-corrected chi connectivity index (χ3v) is 10.3. The van der Waals surface area contributed by atoms with E-state index in [1.807, 2.05) is 0 Å². The summed E-state index contributed by atoms with van der Waals surface area (Å²) in [5.74, 6) is 1.34. The molecular weight excluding hydrogens is 388 g/mol. The fourth-order valence-corrected chi connectivity index (χ4v) is 8.56. The lowest BCUT2D eigenvalue weighted by molar-refractivity contribution is -0.155. The Morgan fingerprint density at radius 2 is 1.68 bits per heavy atom. The van der Waals surface area contributed by atoms with Crippen molar-refractivity contribution in [3.8, 4) is 5.75 Å². The van der Waals surface area contributed by atoms with Crippen molar-refractivity contribution in [2.45, 2.75) is 79.6 Å². The molecule has 3 saturated carbocycles. The Hall–Kier alpha value is -1.84. The summed E-state index contributed by atoms with van der Waals surface area (Å²) < 4.78 is 0. The van der Waals surface area contributed by atoms with Crippen LogP contribution < -0.4 is 0 Å². The molecule has 2 N–H and O–H groups in total. The van der Waals surface area contributed by atoms with Gasteiger partial charge in [0, 0.05) is 5.92 Å². The molecule has 3 aliphatic rings. The van der Waals surface area contributed by atoms with E-state index in [-0.39, 0.29) is 33.5 Å². The van der Waals surface area contributed by atoms with Gasteiger partial charge in [-0.15, -0.1) is 0 Å². The van der Waals surface area contributed by atoms with E-state index in [9.17, 15) is 19.8 Å². The van der Waals surface area contributed by atoms with E-state index < -0.39 is 5.97 Å². The Kier molecular flexibility index (Phi) is 5.30. The van der Waals surface area contributed by atoms with E-state index in [2.05, 4.69) is 27.7 Å². The van der Waals surface area contributed by atoms with E-state index in [0.717, 1.165) is 37.7 Å². The minimum Gasteiger partial charge on any atom is -0.508 e. The predicted molar refractivity (Wildman–Crippen MR) is 121 cm³/mol. The van der Waals surface area contributed by atoms with Crippen molar-refractivity contribution in [3.05, 3.63) is 29.3 Å². The zero-order chi connectivity index (χ0) is 22.8. The first kappa shape index (κ1) is 22.4. The van der Waals surface area contributed by atoms with Crippen molar-refractivity contribution in [2.24, 2.45) is 39.9 Å². The summed E-state index contributed by atoms with van der Waals surface area (Å²) in [7, 11) is 0. The second kappa shape index (κ2) is 7.35. The van der Waals surface area contributed by atoms with E-state index in [1.165, 1.54) is 18.6 Å². The van der Waals surface area contributed by atoms with Gasteiger partial charge in [0.2, 0.25) is 0 Å². The molecule has 0 spiro atoms. The fourth-order valence-electron chi connectivity index (χ4n) is 8.56. The van der Waals surface area contributed by atoms with Gasteiger partial charge in [-0.25, -0.2) is 4.79 Å². The number of Topliss-reactive ketones (excluding diaryl/α,β-unsaturated/α-hetero) is 1. The average Bonchev–Trinajstić information content (AvgIpc) is 3.05. The van der Waals surface area contributed by atoms with Gasteiger partial charge in [0.05, 0.1) is 5.56 Å². The summed E-state index contributed by atoms with van der Waals surface area (Å²) in [6, 6.07) is 4.67. The second-order valence-corrected chi connectivity index (χ2v) is 11.7. The third kappa shape index (κ3) is 3.24. The van der Waals surface area contributed by atoms with Crippen molar-refractivity contribution < 1.29 is 19.8 Å². The van der Waals surface area contributed by atoms with Gasteiger partial charge >= 0.3 is 5.97 Å². The van der Waals surface area contributed by atoms with Crippen LogP contribution in [0.15, 0.2) is 18.2 Å². The molecule has 0 heterocycles. The van der Waals surface area contributed by atoms with Crippen molar-refractivity contribution in [2.75, 3.05) is 0 Å². The Bertz CT molecular complexity index is 906.